The zero-order valence-corrected chi connectivity index (χ0v) is 13.9. The van der Waals surface area contributed by atoms with E-state index in [4.69, 9.17) is 4.74 Å². The average molecular weight is 291 g/mol. The van der Waals surface area contributed by atoms with Crippen molar-refractivity contribution in [2.45, 2.75) is 25.9 Å². The number of hydrogen-bond acceptors (Lipinski definition) is 4. The van der Waals surface area contributed by atoms with Gasteiger partial charge < -0.3 is 15.0 Å². The van der Waals surface area contributed by atoms with E-state index in [1.807, 2.05) is 6.07 Å². The Kier molecular flexibility index (Phi) is 5.62. The van der Waals surface area contributed by atoms with Gasteiger partial charge in [0.05, 0.1) is 7.11 Å². The minimum atomic E-state index is 0.204. The molecular weight excluding hydrogens is 262 g/mol. The fourth-order valence-corrected chi connectivity index (χ4v) is 3.17. The Balaban J connectivity index is 1.91. The first-order valence-corrected chi connectivity index (χ1v) is 7.78. The molecule has 2 rings (SSSR count). The maximum absolute atomic E-state index is 5.30. The Bertz CT molecular complexity index is 441. The highest BCUT2D eigenvalue weighted by molar-refractivity contribution is 5.28. The zero-order chi connectivity index (χ0) is 15.3. The third-order valence-corrected chi connectivity index (χ3v) is 4.22. The minimum Gasteiger partial charge on any atom is -0.497 e. The van der Waals surface area contributed by atoms with Crippen LogP contribution in [-0.2, 0) is 6.54 Å². The number of nitrogens with one attached hydrogen (secondary N) is 1. The molecule has 21 heavy (non-hydrogen) atoms. The van der Waals surface area contributed by atoms with Gasteiger partial charge in [-0.3, -0.25) is 4.90 Å². The van der Waals surface area contributed by atoms with Crippen molar-refractivity contribution in [3.63, 3.8) is 0 Å². The topological polar surface area (TPSA) is 27.7 Å². The molecule has 0 bridgehead atoms. The number of ether oxygens (including phenoxy) is 1. The van der Waals surface area contributed by atoms with Crippen molar-refractivity contribution in [2.24, 2.45) is 0 Å². The molecule has 1 saturated heterocycles. The molecule has 1 aliphatic rings. The van der Waals surface area contributed by atoms with E-state index in [-0.39, 0.29) is 5.54 Å². The summed E-state index contributed by atoms with van der Waals surface area (Å²) in [5, 5.41) is 3.42. The molecule has 0 unspecified atom stereocenters. The first-order valence-electron chi connectivity index (χ1n) is 7.78. The molecule has 1 aromatic carbocycles. The van der Waals surface area contributed by atoms with E-state index in [2.05, 4.69) is 54.2 Å². The van der Waals surface area contributed by atoms with Crippen molar-refractivity contribution in [3.05, 3.63) is 29.8 Å². The average Bonchev–Trinajstić information content (AvgIpc) is 2.47. The number of benzene rings is 1. The second-order valence-electron chi connectivity index (χ2n) is 6.57. The highest BCUT2D eigenvalue weighted by Gasteiger charge is 2.28. The van der Waals surface area contributed by atoms with Crippen LogP contribution >= 0.6 is 0 Å². The molecule has 1 aromatic rings. The van der Waals surface area contributed by atoms with Gasteiger partial charge in [0.2, 0.25) is 0 Å². The standard InChI is InChI=1S/C17H29N3O/c1-17(2,20-10-8-18-9-11-20)14-19(3)13-15-6-5-7-16(12-15)21-4/h5-7,12,18H,8-11,13-14H2,1-4H3. The summed E-state index contributed by atoms with van der Waals surface area (Å²) < 4.78 is 5.30. The summed E-state index contributed by atoms with van der Waals surface area (Å²) >= 11 is 0. The molecule has 1 N–H and O–H groups in total. The van der Waals surface area contributed by atoms with E-state index >= 15 is 0 Å². The summed E-state index contributed by atoms with van der Waals surface area (Å²) in [5.41, 5.74) is 1.50. The molecule has 1 heterocycles. The summed E-state index contributed by atoms with van der Waals surface area (Å²) in [6, 6.07) is 8.34. The van der Waals surface area contributed by atoms with E-state index in [9.17, 15) is 0 Å². The van der Waals surface area contributed by atoms with Gasteiger partial charge in [0, 0.05) is 44.8 Å². The summed E-state index contributed by atoms with van der Waals surface area (Å²) in [4.78, 5) is 4.99. The predicted octanol–water partition coefficient (Wildman–Crippen LogP) is 1.81. The zero-order valence-electron chi connectivity index (χ0n) is 13.9. The Morgan fingerprint density at radius 2 is 2.00 bits per heavy atom. The number of methoxy groups -OCH3 is 1. The highest BCUT2D eigenvalue weighted by atomic mass is 16.5. The first-order chi connectivity index (χ1) is 10.0. The van der Waals surface area contributed by atoms with E-state index in [0.29, 0.717) is 0 Å². The van der Waals surface area contributed by atoms with Crippen molar-refractivity contribution in [3.8, 4) is 5.75 Å². The van der Waals surface area contributed by atoms with Crippen LogP contribution < -0.4 is 10.1 Å². The summed E-state index contributed by atoms with van der Waals surface area (Å²) in [5.74, 6) is 0.933. The molecule has 0 saturated carbocycles. The molecule has 0 aliphatic carbocycles. The number of nitrogens with zero attached hydrogens (tertiary/aromatic N) is 2. The lowest BCUT2D eigenvalue weighted by molar-refractivity contribution is 0.0693. The van der Waals surface area contributed by atoms with Crippen LogP contribution in [0.15, 0.2) is 24.3 Å². The molecule has 0 amide bonds. The fraction of sp³-hybridized carbons (Fsp3) is 0.647. The first kappa shape index (κ1) is 16.3. The van der Waals surface area contributed by atoms with E-state index in [0.717, 1.165) is 45.0 Å². The Hall–Kier alpha value is -1.10. The lowest BCUT2D eigenvalue weighted by atomic mass is 10.0. The van der Waals surface area contributed by atoms with Crippen LogP contribution in [-0.4, -0.2) is 62.2 Å². The largest absolute Gasteiger partial charge is 0.497 e. The summed E-state index contributed by atoms with van der Waals surface area (Å²) in [6.45, 7) is 11.2. The van der Waals surface area contributed by atoms with Crippen LogP contribution in [0.4, 0.5) is 0 Å². The number of piperazine rings is 1. The van der Waals surface area contributed by atoms with Crippen molar-refractivity contribution in [2.75, 3.05) is 46.9 Å². The van der Waals surface area contributed by atoms with Crippen molar-refractivity contribution in [1.29, 1.82) is 0 Å². The Labute approximate surface area is 129 Å². The van der Waals surface area contributed by atoms with Gasteiger partial charge in [-0.15, -0.1) is 0 Å². The highest BCUT2D eigenvalue weighted by Crippen LogP contribution is 2.19. The molecule has 1 fully saturated rings. The van der Waals surface area contributed by atoms with Crippen LogP contribution in [0, 0.1) is 0 Å². The smallest absolute Gasteiger partial charge is 0.119 e. The van der Waals surface area contributed by atoms with Crippen LogP contribution in [0.2, 0.25) is 0 Å². The third-order valence-electron chi connectivity index (χ3n) is 4.22. The Morgan fingerprint density at radius 1 is 1.29 bits per heavy atom. The molecule has 0 radical (unpaired) electrons. The van der Waals surface area contributed by atoms with Gasteiger partial charge >= 0.3 is 0 Å². The van der Waals surface area contributed by atoms with E-state index in [1.165, 1.54) is 5.56 Å². The van der Waals surface area contributed by atoms with Crippen LogP contribution in [0.1, 0.15) is 19.4 Å². The van der Waals surface area contributed by atoms with Crippen LogP contribution in [0.25, 0.3) is 0 Å². The number of hydrogen-bond donors (Lipinski definition) is 1. The van der Waals surface area contributed by atoms with Crippen LogP contribution in [0.5, 0.6) is 5.75 Å². The predicted molar refractivity (Wildman–Crippen MR) is 87.8 cm³/mol. The van der Waals surface area contributed by atoms with Crippen molar-refractivity contribution >= 4 is 0 Å². The summed E-state index contributed by atoms with van der Waals surface area (Å²) in [6.07, 6.45) is 0. The lowest BCUT2D eigenvalue weighted by Gasteiger charge is -2.43. The van der Waals surface area contributed by atoms with Gasteiger partial charge in [-0.2, -0.15) is 0 Å². The minimum absolute atomic E-state index is 0.204. The normalized spacial score (nSPS) is 17.2. The molecule has 1 aliphatic heterocycles. The van der Waals surface area contributed by atoms with Gasteiger partial charge in [0.15, 0.2) is 0 Å². The molecule has 0 aromatic heterocycles. The second-order valence-corrected chi connectivity index (χ2v) is 6.57. The maximum Gasteiger partial charge on any atom is 0.119 e. The molecule has 0 spiro atoms. The number of likely N-dealkylation sites (N-methyl/N-ethyl adjacent to an activating group) is 1. The molecule has 118 valence electrons. The van der Waals surface area contributed by atoms with Crippen molar-refractivity contribution in [1.82, 2.24) is 15.1 Å². The van der Waals surface area contributed by atoms with E-state index < -0.39 is 0 Å². The third kappa shape index (κ3) is 4.70. The maximum atomic E-state index is 5.30. The van der Waals surface area contributed by atoms with Gasteiger partial charge in [-0.05, 0) is 38.6 Å². The fourth-order valence-electron chi connectivity index (χ4n) is 3.17. The quantitative estimate of drug-likeness (QED) is 0.865. The second kappa shape index (κ2) is 7.25. The van der Waals surface area contributed by atoms with Crippen molar-refractivity contribution < 1.29 is 4.74 Å². The molecule has 0 atom stereocenters. The van der Waals surface area contributed by atoms with Gasteiger partial charge in [-0.25, -0.2) is 0 Å². The van der Waals surface area contributed by atoms with Crippen LogP contribution in [0.3, 0.4) is 0 Å². The monoisotopic (exact) mass is 291 g/mol. The molecule has 4 heteroatoms. The van der Waals surface area contributed by atoms with E-state index in [1.54, 1.807) is 7.11 Å². The SMILES string of the molecule is COc1cccc(CN(C)CC(C)(C)N2CCNCC2)c1. The number of rotatable bonds is 6. The molecule has 4 nitrogen and oxygen atoms in total. The lowest BCUT2D eigenvalue weighted by Crippen LogP contribution is -2.57. The van der Waals surface area contributed by atoms with Gasteiger partial charge in [-0.1, -0.05) is 12.1 Å². The Morgan fingerprint density at radius 3 is 2.67 bits per heavy atom. The summed E-state index contributed by atoms with van der Waals surface area (Å²) in [7, 11) is 3.92. The van der Waals surface area contributed by atoms with Gasteiger partial charge in [0.1, 0.15) is 5.75 Å². The van der Waals surface area contributed by atoms with Gasteiger partial charge in [0.25, 0.3) is 0 Å². The molecular formula is C17H29N3O.